The molecule has 1 atom stereocenters. The van der Waals surface area contributed by atoms with Crippen LogP contribution in [-0.2, 0) is 9.59 Å². The Morgan fingerprint density at radius 2 is 1.85 bits per heavy atom. The van der Waals surface area contributed by atoms with E-state index in [1.165, 1.54) is 31.4 Å². The third kappa shape index (κ3) is 5.23. The average Bonchev–Trinajstić information content (AvgIpc) is 2.77. The maximum absolute atomic E-state index is 13.9. The molecule has 1 heterocycles. The number of halogens is 1. The predicted molar refractivity (Wildman–Crippen MR) is 125 cm³/mol. The third-order valence-corrected chi connectivity index (χ3v) is 5.36. The van der Waals surface area contributed by atoms with Gasteiger partial charge in [-0.1, -0.05) is 30.4 Å². The topological polar surface area (TPSA) is 109 Å². The second-order valence-corrected chi connectivity index (χ2v) is 8.14. The summed E-state index contributed by atoms with van der Waals surface area (Å²) in [4.78, 5) is 35.8. The van der Waals surface area contributed by atoms with Gasteiger partial charge in [0.15, 0.2) is 0 Å². The predicted octanol–water partition coefficient (Wildman–Crippen LogP) is 2.87. The van der Waals surface area contributed by atoms with Crippen molar-refractivity contribution in [1.29, 1.82) is 0 Å². The summed E-state index contributed by atoms with van der Waals surface area (Å²) in [5.41, 5.74) is 1.25. The van der Waals surface area contributed by atoms with Gasteiger partial charge in [-0.05, 0) is 37.4 Å². The molecule has 1 N–H and O–H groups in total. The van der Waals surface area contributed by atoms with E-state index < -0.39 is 36.5 Å². The van der Waals surface area contributed by atoms with E-state index in [2.05, 4.69) is 0 Å². The molecule has 7 nitrogen and oxygen atoms in total. The van der Waals surface area contributed by atoms with Crippen molar-refractivity contribution in [3.8, 4) is 17.0 Å². The maximum Gasteiger partial charge on any atom is 0.259 e. The first-order chi connectivity index (χ1) is 16.1. The Morgan fingerprint density at radius 1 is 1.18 bits per heavy atom. The molecule has 0 amide bonds. The number of carbonyl (C=O) groups is 2. The molecule has 0 aliphatic heterocycles. The van der Waals surface area contributed by atoms with E-state index in [1.54, 1.807) is 34.9 Å². The highest BCUT2D eigenvalue weighted by atomic mass is 19.1. The summed E-state index contributed by atoms with van der Waals surface area (Å²) in [5, 5.41) is 22.0. The molecule has 1 unspecified atom stereocenters. The number of benzene rings is 2. The van der Waals surface area contributed by atoms with Crippen LogP contribution in [0, 0.1) is 5.82 Å². The van der Waals surface area contributed by atoms with Crippen molar-refractivity contribution in [2.24, 2.45) is 0 Å². The second-order valence-electron chi connectivity index (χ2n) is 8.14. The summed E-state index contributed by atoms with van der Waals surface area (Å²) in [6.45, 7) is 3.69. The zero-order chi connectivity index (χ0) is 25.0. The van der Waals surface area contributed by atoms with Crippen LogP contribution in [0.2, 0.25) is 0 Å². The van der Waals surface area contributed by atoms with Gasteiger partial charge in [0.1, 0.15) is 17.3 Å². The molecule has 0 aliphatic rings. The summed E-state index contributed by atoms with van der Waals surface area (Å²) < 4.78 is 20.9. The average molecular weight is 466 g/mol. The largest absolute Gasteiger partial charge is 0.550 e. The van der Waals surface area contributed by atoms with E-state index in [1.807, 2.05) is 13.8 Å². The lowest BCUT2D eigenvalue weighted by atomic mass is 9.96. The number of carbonyl (C=O) groups excluding carboxylic acids is 2. The molecular formula is C26H25FNO6-. The van der Waals surface area contributed by atoms with Crippen LogP contribution in [0.1, 0.15) is 38.3 Å². The van der Waals surface area contributed by atoms with Crippen LogP contribution in [0.3, 0.4) is 0 Å². The van der Waals surface area contributed by atoms with Crippen molar-refractivity contribution in [2.45, 2.75) is 38.8 Å². The summed E-state index contributed by atoms with van der Waals surface area (Å²) in [6.07, 6.45) is 0.498. The van der Waals surface area contributed by atoms with Gasteiger partial charge in [-0.15, -0.1) is 0 Å². The molecule has 0 saturated heterocycles. The molecule has 1 aromatic heterocycles. The quantitative estimate of drug-likeness (QED) is 0.486. The van der Waals surface area contributed by atoms with E-state index in [0.717, 1.165) is 0 Å². The number of aliphatic hydroxyl groups excluding tert-OH is 1. The SMILES string of the molecule is COc1cc(F)ccc1-c1c(/C=C/C(O)CC(=O)CC(=O)[O-])c2ccccc2c(=O)n1C(C)C. The number of rotatable bonds is 9. The first-order valence-corrected chi connectivity index (χ1v) is 10.7. The normalized spacial score (nSPS) is 12.4. The number of aliphatic hydroxyl groups is 1. The monoisotopic (exact) mass is 466 g/mol. The highest BCUT2D eigenvalue weighted by Crippen LogP contribution is 2.37. The number of ketones is 1. The van der Waals surface area contributed by atoms with Crippen LogP contribution in [0.4, 0.5) is 4.39 Å². The number of aromatic nitrogens is 1. The molecule has 8 heteroatoms. The summed E-state index contributed by atoms with van der Waals surface area (Å²) in [6, 6.07) is 10.7. The molecule has 178 valence electrons. The summed E-state index contributed by atoms with van der Waals surface area (Å²) >= 11 is 0. The fourth-order valence-electron chi connectivity index (χ4n) is 3.93. The number of carboxylic acids is 1. The fraction of sp³-hybridized carbons (Fsp3) is 0.269. The van der Waals surface area contributed by atoms with Gasteiger partial charge in [-0.3, -0.25) is 9.59 Å². The third-order valence-electron chi connectivity index (χ3n) is 5.36. The van der Waals surface area contributed by atoms with Crippen LogP contribution in [-0.4, -0.2) is 34.6 Å². The number of hydrogen-bond donors (Lipinski definition) is 1. The number of fused-ring (bicyclic) bond motifs is 1. The van der Waals surface area contributed by atoms with Gasteiger partial charge in [0.05, 0.1) is 18.9 Å². The molecule has 0 saturated carbocycles. The lowest BCUT2D eigenvalue weighted by Gasteiger charge is -2.22. The zero-order valence-corrected chi connectivity index (χ0v) is 19.1. The van der Waals surface area contributed by atoms with Gasteiger partial charge in [0, 0.05) is 47.4 Å². The van der Waals surface area contributed by atoms with Gasteiger partial charge in [0.25, 0.3) is 5.56 Å². The molecule has 0 radical (unpaired) electrons. The lowest BCUT2D eigenvalue weighted by Crippen LogP contribution is -2.26. The van der Waals surface area contributed by atoms with E-state index >= 15 is 0 Å². The van der Waals surface area contributed by atoms with Gasteiger partial charge in [-0.2, -0.15) is 0 Å². The summed E-state index contributed by atoms with van der Waals surface area (Å²) in [5.74, 6) is -2.46. The van der Waals surface area contributed by atoms with Gasteiger partial charge < -0.3 is 24.3 Å². The highest BCUT2D eigenvalue weighted by molar-refractivity contribution is 5.97. The molecule has 3 aromatic rings. The van der Waals surface area contributed by atoms with Crippen LogP contribution in [0.25, 0.3) is 28.1 Å². The smallest absolute Gasteiger partial charge is 0.259 e. The number of methoxy groups -OCH3 is 1. The Hall–Kier alpha value is -3.78. The van der Waals surface area contributed by atoms with Crippen molar-refractivity contribution in [3.63, 3.8) is 0 Å². The highest BCUT2D eigenvalue weighted by Gasteiger charge is 2.21. The number of ether oxygens (including phenoxy) is 1. The Balaban J connectivity index is 2.29. The molecule has 0 bridgehead atoms. The van der Waals surface area contributed by atoms with Crippen molar-refractivity contribution in [1.82, 2.24) is 4.57 Å². The van der Waals surface area contributed by atoms with Crippen molar-refractivity contribution >= 4 is 28.6 Å². The Morgan fingerprint density at radius 3 is 2.47 bits per heavy atom. The first-order valence-electron chi connectivity index (χ1n) is 10.7. The lowest BCUT2D eigenvalue weighted by molar-refractivity contribution is -0.304. The standard InChI is InChI=1S/C26H26FNO6/c1-15(2)28-25(22-10-8-16(27)12-23(22)34-3)20(19-6-4-5-7-21(19)26(28)33)11-9-17(29)13-18(30)14-24(31)32/h4-12,15,17,29H,13-14H2,1-3H3,(H,31,32)/p-1/b11-9+. The zero-order valence-electron chi connectivity index (χ0n) is 19.1. The Bertz CT molecular complexity index is 1320. The minimum Gasteiger partial charge on any atom is -0.550 e. The molecule has 2 aromatic carbocycles. The van der Waals surface area contributed by atoms with Crippen LogP contribution in [0.5, 0.6) is 5.75 Å². The number of hydrogen-bond acceptors (Lipinski definition) is 6. The molecule has 34 heavy (non-hydrogen) atoms. The second kappa shape index (κ2) is 10.4. The molecule has 0 fully saturated rings. The maximum atomic E-state index is 13.9. The van der Waals surface area contributed by atoms with E-state index in [4.69, 9.17) is 4.74 Å². The molecule has 3 rings (SSSR count). The summed E-state index contributed by atoms with van der Waals surface area (Å²) in [7, 11) is 1.40. The van der Waals surface area contributed by atoms with Gasteiger partial charge in [-0.25, -0.2) is 4.39 Å². The van der Waals surface area contributed by atoms with Gasteiger partial charge in [0.2, 0.25) is 0 Å². The minimum absolute atomic E-state index is 0.225. The molecule has 0 aliphatic carbocycles. The Labute approximate surface area is 195 Å². The van der Waals surface area contributed by atoms with Crippen LogP contribution in [0.15, 0.2) is 53.3 Å². The first kappa shape index (κ1) is 24.9. The number of Topliss-reactive ketones (excluding diaryl/α,β-unsaturated/α-hetero) is 1. The number of carboxylic acid groups (broad SMARTS) is 1. The molecular weight excluding hydrogens is 441 g/mol. The van der Waals surface area contributed by atoms with Gasteiger partial charge >= 0.3 is 0 Å². The van der Waals surface area contributed by atoms with Crippen LogP contribution >= 0.6 is 0 Å². The minimum atomic E-state index is -1.51. The van der Waals surface area contributed by atoms with Crippen molar-refractivity contribution in [3.05, 3.63) is 70.3 Å². The number of nitrogens with zero attached hydrogens (tertiary/aromatic N) is 1. The van der Waals surface area contributed by atoms with E-state index in [9.17, 15) is 29.0 Å². The fourth-order valence-corrected chi connectivity index (χ4v) is 3.93. The number of pyridine rings is 1. The van der Waals surface area contributed by atoms with Crippen molar-refractivity contribution in [2.75, 3.05) is 7.11 Å². The molecule has 0 spiro atoms. The number of aliphatic carboxylic acids is 1. The van der Waals surface area contributed by atoms with E-state index in [0.29, 0.717) is 27.6 Å². The Kier molecular flexibility index (Phi) is 7.63. The van der Waals surface area contributed by atoms with E-state index in [-0.39, 0.29) is 17.4 Å². The van der Waals surface area contributed by atoms with Crippen LogP contribution < -0.4 is 15.4 Å². The van der Waals surface area contributed by atoms with Crippen molar-refractivity contribution < 1.29 is 28.9 Å².